The van der Waals surface area contributed by atoms with Crippen LogP contribution in [0, 0.1) is 0 Å². The van der Waals surface area contributed by atoms with Crippen molar-refractivity contribution in [2.75, 3.05) is 6.26 Å². The van der Waals surface area contributed by atoms with E-state index in [1.807, 2.05) is 0 Å². The van der Waals surface area contributed by atoms with Crippen LogP contribution >= 0.6 is 11.6 Å². The molecule has 0 radical (unpaired) electrons. The molecule has 1 aromatic heterocycles. The molecule has 0 aliphatic carbocycles. The van der Waals surface area contributed by atoms with Gasteiger partial charge in [-0.25, -0.2) is 0 Å². The zero-order valence-corrected chi connectivity index (χ0v) is 8.35. The Balaban J connectivity index is 2.62. The summed E-state index contributed by atoms with van der Waals surface area (Å²) in [6.07, 6.45) is 1.52. The Morgan fingerprint density at radius 1 is 1.54 bits per heavy atom. The average molecular weight is 216 g/mol. The molecule has 0 bridgehead atoms. The van der Waals surface area contributed by atoms with Crippen LogP contribution in [0.4, 0.5) is 0 Å². The molecule has 0 amide bonds. The highest BCUT2D eigenvalue weighted by atomic mass is 35.5. The summed E-state index contributed by atoms with van der Waals surface area (Å²) in [5.74, 6) is 0. The Kier molecular flexibility index (Phi) is 2.19. The lowest BCUT2D eigenvalue weighted by atomic mass is 10.3. The topological polar surface area (TPSA) is 49.1 Å². The minimum Gasteiger partial charge on any atom is -0.608 e. The Labute approximate surface area is 82.9 Å². The summed E-state index contributed by atoms with van der Waals surface area (Å²) in [6, 6.07) is 5.10. The van der Waals surface area contributed by atoms with Crippen molar-refractivity contribution in [3.8, 4) is 0 Å². The third-order valence-electron chi connectivity index (χ3n) is 1.58. The fraction of sp³-hybridized carbons (Fsp3) is 0.125. The second-order valence-electron chi connectivity index (χ2n) is 2.55. The highest BCUT2D eigenvalue weighted by Crippen LogP contribution is 2.21. The van der Waals surface area contributed by atoms with E-state index in [4.69, 9.17) is 16.0 Å². The third kappa shape index (κ3) is 1.65. The van der Waals surface area contributed by atoms with E-state index >= 15 is 0 Å². The van der Waals surface area contributed by atoms with Crippen LogP contribution in [0.15, 0.2) is 27.8 Å². The fourth-order valence-electron chi connectivity index (χ4n) is 1.00. The molecule has 0 saturated heterocycles. The Morgan fingerprint density at radius 3 is 3.00 bits per heavy atom. The number of fused-ring (bicyclic) bond motifs is 1. The molecule has 68 valence electrons. The average Bonchev–Trinajstić information content (AvgIpc) is 2.46. The standard InChI is InChI=1S/C8H6ClNO2S/c1-13(11)8-10-6-3-2-5(9)4-7(6)12-8/h2-4H,1H3. The van der Waals surface area contributed by atoms with Gasteiger partial charge in [-0.2, -0.15) is 4.98 Å². The lowest BCUT2D eigenvalue weighted by molar-refractivity contribution is 0.461. The van der Waals surface area contributed by atoms with E-state index in [-0.39, 0.29) is 5.22 Å². The van der Waals surface area contributed by atoms with Gasteiger partial charge in [-0.3, -0.25) is 0 Å². The minimum atomic E-state index is -1.19. The van der Waals surface area contributed by atoms with E-state index in [1.54, 1.807) is 18.2 Å². The van der Waals surface area contributed by atoms with Crippen molar-refractivity contribution in [1.29, 1.82) is 0 Å². The largest absolute Gasteiger partial charge is 0.608 e. The van der Waals surface area contributed by atoms with Crippen LogP contribution in [0.2, 0.25) is 5.02 Å². The SMILES string of the molecule is C[S+]([O-])c1nc2ccc(Cl)cc2o1. The molecule has 2 rings (SSSR count). The summed E-state index contributed by atoms with van der Waals surface area (Å²) in [6.45, 7) is 0. The molecular weight excluding hydrogens is 210 g/mol. The highest BCUT2D eigenvalue weighted by molar-refractivity contribution is 7.90. The number of hydrogen-bond acceptors (Lipinski definition) is 3. The molecule has 0 spiro atoms. The summed E-state index contributed by atoms with van der Waals surface area (Å²) in [5, 5.41) is 0.814. The minimum absolute atomic E-state index is 0.234. The molecule has 5 heteroatoms. The Hall–Kier alpha value is -0.710. The van der Waals surface area contributed by atoms with E-state index in [9.17, 15) is 4.55 Å². The van der Waals surface area contributed by atoms with Crippen molar-refractivity contribution in [3.63, 3.8) is 0 Å². The summed E-state index contributed by atoms with van der Waals surface area (Å²) in [7, 11) is 0. The lowest BCUT2D eigenvalue weighted by Crippen LogP contribution is -1.96. The van der Waals surface area contributed by atoms with Crippen molar-refractivity contribution in [1.82, 2.24) is 4.98 Å². The van der Waals surface area contributed by atoms with Gasteiger partial charge in [0, 0.05) is 22.3 Å². The van der Waals surface area contributed by atoms with Crippen LogP contribution in [-0.4, -0.2) is 15.8 Å². The first-order valence-electron chi connectivity index (χ1n) is 3.56. The van der Waals surface area contributed by atoms with Gasteiger partial charge in [-0.15, -0.1) is 0 Å². The Morgan fingerprint density at radius 2 is 2.31 bits per heavy atom. The van der Waals surface area contributed by atoms with Gasteiger partial charge < -0.3 is 8.97 Å². The first-order chi connectivity index (χ1) is 6.16. The molecule has 0 aliphatic heterocycles. The van der Waals surface area contributed by atoms with E-state index < -0.39 is 11.2 Å². The van der Waals surface area contributed by atoms with Crippen LogP contribution in [0.3, 0.4) is 0 Å². The molecule has 0 N–H and O–H groups in total. The molecule has 0 aliphatic rings. The van der Waals surface area contributed by atoms with Gasteiger partial charge in [-0.05, 0) is 12.1 Å². The summed E-state index contributed by atoms with van der Waals surface area (Å²) >= 11 is 4.55. The molecular formula is C8H6ClNO2S. The monoisotopic (exact) mass is 215 g/mol. The van der Waals surface area contributed by atoms with Crippen molar-refractivity contribution in [2.45, 2.75) is 5.22 Å². The van der Waals surface area contributed by atoms with Gasteiger partial charge in [-0.1, -0.05) is 11.6 Å². The van der Waals surface area contributed by atoms with E-state index in [1.165, 1.54) is 6.26 Å². The maximum Gasteiger partial charge on any atom is 0.415 e. The van der Waals surface area contributed by atoms with Crippen molar-refractivity contribution in [3.05, 3.63) is 23.2 Å². The first kappa shape index (κ1) is 8.87. The van der Waals surface area contributed by atoms with Crippen molar-refractivity contribution < 1.29 is 8.97 Å². The van der Waals surface area contributed by atoms with E-state index in [0.717, 1.165) is 0 Å². The van der Waals surface area contributed by atoms with Crippen LogP contribution in [0.25, 0.3) is 11.1 Å². The van der Waals surface area contributed by atoms with Crippen LogP contribution < -0.4 is 0 Å². The molecule has 2 aromatic rings. The molecule has 3 nitrogen and oxygen atoms in total. The second-order valence-corrected chi connectivity index (χ2v) is 4.24. The second kappa shape index (κ2) is 3.21. The predicted octanol–water partition coefficient (Wildman–Crippen LogP) is 2.22. The number of aromatic nitrogens is 1. The molecule has 0 fully saturated rings. The van der Waals surface area contributed by atoms with Gasteiger partial charge in [0.25, 0.3) is 0 Å². The molecule has 1 atom stereocenters. The maximum atomic E-state index is 11.0. The molecule has 1 heterocycles. The zero-order valence-electron chi connectivity index (χ0n) is 6.78. The highest BCUT2D eigenvalue weighted by Gasteiger charge is 2.13. The van der Waals surface area contributed by atoms with E-state index in [0.29, 0.717) is 16.1 Å². The summed E-state index contributed by atoms with van der Waals surface area (Å²) < 4.78 is 16.2. The Bertz CT molecular complexity index is 441. The van der Waals surface area contributed by atoms with Crippen molar-refractivity contribution in [2.24, 2.45) is 0 Å². The molecule has 1 unspecified atom stereocenters. The third-order valence-corrected chi connectivity index (χ3v) is 2.48. The van der Waals surface area contributed by atoms with Gasteiger partial charge >= 0.3 is 5.22 Å². The first-order valence-corrected chi connectivity index (χ1v) is 5.50. The molecule has 1 aromatic carbocycles. The van der Waals surface area contributed by atoms with Crippen molar-refractivity contribution >= 4 is 33.9 Å². The number of oxazole rings is 1. The smallest absolute Gasteiger partial charge is 0.415 e. The fourth-order valence-corrected chi connectivity index (χ4v) is 1.60. The van der Waals surface area contributed by atoms with Crippen LogP contribution in [0.5, 0.6) is 0 Å². The number of rotatable bonds is 1. The summed E-state index contributed by atoms with van der Waals surface area (Å²) in [4.78, 5) is 4.03. The number of halogens is 1. The van der Waals surface area contributed by atoms with E-state index in [2.05, 4.69) is 4.98 Å². The predicted molar refractivity (Wildman–Crippen MR) is 51.4 cm³/mol. The lowest BCUT2D eigenvalue weighted by Gasteiger charge is -1.93. The number of hydrogen-bond donors (Lipinski definition) is 0. The zero-order chi connectivity index (χ0) is 9.42. The van der Waals surface area contributed by atoms with Gasteiger partial charge in [0.05, 0.1) is 0 Å². The number of nitrogens with zero attached hydrogens (tertiary/aromatic N) is 1. The normalized spacial score (nSPS) is 13.5. The maximum absolute atomic E-state index is 11.0. The van der Waals surface area contributed by atoms with Gasteiger partial charge in [0.2, 0.25) is 0 Å². The quantitative estimate of drug-likeness (QED) is 0.686. The van der Waals surface area contributed by atoms with Crippen LogP contribution in [-0.2, 0) is 11.2 Å². The number of benzene rings is 1. The molecule has 0 saturated carbocycles. The van der Waals surface area contributed by atoms with Gasteiger partial charge in [0.15, 0.2) is 5.58 Å². The van der Waals surface area contributed by atoms with Crippen LogP contribution in [0.1, 0.15) is 0 Å². The molecule has 13 heavy (non-hydrogen) atoms. The summed E-state index contributed by atoms with van der Waals surface area (Å²) in [5.41, 5.74) is 1.24. The van der Waals surface area contributed by atoms with Gasteiger partial charge in [0.1, 0.15) is 11.8 Å².